The third-order valence-corrected chi connectivity index (χ3v) is 7.99. The molecule has 2 atom stereocenters. The Morgan fingerprint density at radius 1 is 1.00 bits per heavy atom. The normalized spacial score (nSPS) is 18.0. The van der Waals surface area contributed by atoms with Gasteiger partial charge in [-0.3, -0.25) is 9.59 Å². The van der Waals surface area contributed by atoms with Gasteiger partial charge in [0.1, 0.15) is 35.9 Å². The maximum atomic E-state index is 13.6. The van der Waals surface area contributed by atoms with E-state index < -0.39 is 12.0 Å². The number of halogens is 1. The highest BCUT2D eigenvalue weighted by Crippen LogP contribution is 2.49. The van der Waals surface area contributed by atoms with Crippen molar-refractivity contribution in [2.24, 2.45) is 5.73 Å². The Kier molecular flexibility index (Phi) is 7.39. The van der Waals surface area contributed by atoms with Gasteiger partial charge in [-0.15, -0.1) is 0 Å². The van der Waals surface area contributed by atoms with Crippen LogP contribution in [0.4, 0.5) is 4.39 Å². The van der Waals surface area contributed by atoms with E-state index in [1.54, 1.807) is 31.3 Å². The summed E-state index contributed by atoms with van der Waals surface area (Å²) in [5.74, 6) is -0.268. The summed E-state index contributed by atoms with van der Waals surface area (Å²) in [6.45, 7) is 0.634. The predicted octanol–water partition coefficient (Wildman–Crippen LogP) is 5.21. The summed E-state index contributed by atoms with van der Waals surface area (Å²) < 4.78 is 25.8. The summed E-state index contributed by atoms with van der Waals surface area (Å²) in [6, 6.07) is 26.9. The van der Waals surface area contributed by atoms with Gasteiger partial charge >= 0.3 is 0 Å². The Labute approximate surface area is 243 Å². The number of rotatable bonds is 9. The number of carbonyl (C=O) groups is 2. The van der Waals surface area contributed by atoms with E-state index in [4.69, 9.17) is 15.2 Å². The Hall–Kier alpha value is -4.69. The van der Waals surface area contributed by atoms with E-state index >= 15 is 0 Å². The number of nitrogens with one attached hydrogen (secondary N) is 2. The van der Waals surface area contributed by atoms with Crippen LogP contribution < -0.4 is 25.8 Å². The van der Waals surface area contributed by atoms with Crippen LogP contribution in [-0.2, 0) is 10.3 Å². The van der Waals surface area contributed by atoms with Crippen LogP contribution in [0.1, 0.15) is 51.9 Å². The van der Waals surface area contributed by atoms with Crippen LogP contribution in [0.3, 0.4) is 0 Å². The Balaban J connectivity index is 1.36. The van der Waals surface area contributed by atoms with Crippen molar-refractivity contribution >= 4 is 11.8 Å². The van der Waals surface area contributed by atoms with Gasteiger partial charge in [-0.05, 0) is 72.0 Å². The largest absolute Gasteiger partial charge is 0.492 e. The van der Waals surface area contributed by atoms with E-state index in [2.05, 4.69) is 10.6 Å². The van der Waals surface area contributed by atoms with Crippen LogP contribution in [0.2, 0.25) is 0 Å². The van der Waals surface area contributed by atoms with E-state index in [0.717, 1.165) is 24.0 Å². The zero-order valence-electron chi connectivity index (χ0n) is 23.2. The molecule has 0 bridgehead atoms. The van der Waals surface area contributed by atoms with Gasteiger partial charge in [0.15, 0.2) is 0 Å². The molecule has 0 radical (unpaired) electrons. The first-order valence-corrected chi connectivity index (χ1v) is 14.1. The first kappa shape index (κ1) is 27.5. The first-order valence-electron chi connectivity index (χ1n) is 14.1. The number of fused-ring (bicyclic) bond motifs is 1. The quantitative estimate of drug-likeness (QED) is 0.259. The lowest BCUT2D eigenvalue weighted by Gasteiger charge is -2.19. The molecular weight excluding hydrogens is 533 g/mol. The average Bonchev–Trinajstić information content (AvgIpc) is 3.71. The fourth-order valence-electron chi connectivity index (χ4n) is 5.63. The molecule has 42 heavy (non-hydrogen) atoms. The molecule has 4 aromatic rings. The number of amides is 2. The van der Waals surface area contributed by atoms with Crippen molar-refractivity contribution in [3.05, 3.63) is 119 Å². The summed E-state index contributed by atoms with van der Waals surface area (Å²) in [4.78, 5) is 26.6. The van der Waals surface area contributed by atoms with Crippen LogP contribution in [0.15, 0.2) is 91.0 Å². The smallest absolute Gasteiger partial charge is 0.251 e. The molecule has 6 rings (SSSR count). The molecule has 2 unspecified atom stereocenters. The number of nitrogens with two attached hydrogens (primary N) is 1. The van der Waals surface area contributed by atoms with Crippen molar-refractivity contribution in [3.63, 3.8) is 0 Å². The third kappa shape index (κ3) is 5.21. The monoisotopic (exact) mass is 565 g/mol. The van der Waals surface area contributed by atoms with Crippen molar-refractivity contribution in [1.29, 1.82) is 0 Å². The highest BCUT2D eigenvalue weighted by molar-refractivity contribution is 5.97. The topological polar surface area (TPSA) is 103 Å². The minimum Gasteiger partial charge on any atom is -0.492 e. The number of benzene rings is 4. The summed E-state index contributed by atoms with van der Waals surface area (Å²) in [5, 5.41) is 5.98. The second-order valence-corrected chi connectivity index (χ2v) is 10.7. The maximum absolute atomic E-state index is 13.6. The fraction of sp³-hybridized carbons (Fsp3) is 0.235. The fourth-order valence-corrected chi connectivity index (χ4v) is 5.63. The highest BCUT2D eigenvalue weighted by Gasteiger charge is 2.45. The molecule has 4 aromatic carbocycles. The molecule has 0 spiro atoms. The summed E-state index contributed by atoms with van der Waals surface area (Å²) >= 11 is 0. The van der Waals surface area contributed by atoms with Crippen LogP contribution in [-0.4, -0.2) is 32.0 Å². The molecular formula is C34H32FN3O4. The molecule has 4 N–H and O–H groups in total. The van der Waals surface area contributed by atoms with Gasteiger partial charge in [-0.2, -0.15) is 0 Å². The van der Waals surface area contributed by atoms with Crippen LogP contribution in [0.25, 0.3) is 11.1 Å². The second-order valence-electron chi connectivity index (χ2n) is 10.7. The van der Waals surface area contributed by atoms with E-state index in [9.17, 15) is 14.0 Å². The van der Waals surface area contributed by atoms with E-state index in [-0.39, 0.29) is 23.2 Å². The van der Waals surface area contributed by atoms with Crippen molar-refractivity contribution in [1.82, 2.24) is 10.6 Å². The van der Waals surface area contributed by atoms with Crippen molar-refractivity contribution < 1.29 is 23.5 Å². The van der Waals surface area contributed by atoms with Gasteiger partial charge in [-0.25, -0.2) is 4.39 Å². The molecule has 0 saturated heterocycles. The first-order chi connectivity index (χ1) is 20.4. The molecule has 2 aliphatic rings. The van der Waals surface area contributed by atoms with Gasteiger partial charge in [0.2, 0.25) is 5.91 Å². The molecule has 8 heteroatoms. The SMILES string of the molecule is CNC(=O)C1c2cc(-c3cc(C(=O)NC4(c5ccccc5)CC4)ccc3OCCN)ccc2OC1c1ccc(F)cc1. The Morgan fingerprint density at radius 3 is 2.45 bits per heavy atom. The molecule has 1 fully saturated rings. The standard InChI is InChI=1S/C34H32FN3O4/c1-37-33(40)30-27-19-22(9-14-29(27)42-31(30)21-7-11-25(35)12-8-21)26-20-23(10-13-28(26)41-18-17-36)32(39)38-34(15-16-34)24-5-3-2-4-6-24/h2-14,19-20,30-31H,15-18,36H2,1H3,(H,37,40)(H,38,39). The average molecular weight is 566 g/mol. The molecule has 7 nitrogen and oxygen atoms in total. The summed E-state index contributed by atoms with van der Waals surface area (Å²) in [7, 11) is 1.58. The number of ether oxygens (including phenoxy) is 2. The lowest BCUT2D eigenvalue weighted by atomic mass is 9.88. The van der Waals surface area contributed by atoms with Crippen LogP contribution in [0, 0.1) is 5.82 Å². The lowest BCUT2D eigenvalue weighted by Crippen LogP contribution is -2.34. The van der Waals surface area contributed by atoms with Crippen molar-refractivity contribution in [3.8, 4) is 22.6 Å². The van der Waals surface area contributed by atoms with Crippen LogP contribution in [0.5, 0.6) is 11.5 Å². The number of likely N-dealkylation sites (N-methyl/N-ethyl adjacent to an activating group) is 1. The second kappa shape index (κ2) is 11.3. The van der Waals surface area contributed by atoms with E-state index in [1.807, 2.05) is 54.6 Å². The van der Waals surface area contributed by atoms with Crippen LogP contribution >= 0.6 is 0 Å². The molecule has 1 heterocycles. The van der Waals surface area contributed by atoms with Gasteiger partial charge in [-0.1, -0.05) is 48.5 Å². The lowest BCUT2D eigenvalue weighted by molar-refractivity contribution is -0.123. The van der Waals surface area contributed by atoms with Gasteiger partial charge in [0.05, 0.1) is 5.54 Å². The predicted molar refractivity (Wildman–Crippen MR) is 158 cm³/mol. The van der Waals surface area contributed by atoms with E-state index in [0.29, 0.717) is 46.9 Å². The minimum absolute atomic E-state index is 0.174. The van der Waals surface area contributed by atoms with Gasteiger partial charge < -0.3 is 25.8 Å². The third-order valence-electron chi connectivity index (χ3n) is 7.99. The number of carbonyl (C=O) groups excluding carboxylic acids is 2. The Bertz CT molecular complexity index is 1620. The van der Waals surface area contributed by atoms with E-state index in [1.165, 1.54) is 12.1 Å². The number of hydrogen-bond donors (Lipinski definition) is 3. The summed E-state index contributed by atoms with van der Waals surface area (Å²) in [5.41, 5.74) is 9.81. The maximum Gasteiger partial charge on any atom is 0.251 e. The van der Waals surface area contributed by atoms with Gasteiger partial charge in [0.25, 0.3) is 5.91 Å². The minimum atomic E-state index is -0.657. The zero-order valence-corrected chi connectivity index (χ0v) is 23.2. The zero-order chi connectivity index (χ0) is 29.3. The Morgan fingerprint density at radius 2 is 1.76 bits per heavy atom. The number of hydrogen-bond acceptors (Lipinski definition) is 5. The molecule has 2 amide bonds. The summed E-state index contributed by atoms with van der Waals surface area (Å²) in [6.07, 6.45) is 1.15. The molecule has 214 valence electrons. The van der Waals surface area contributed by atoms with Crippen molar-refractivity contribution in [2.75, 3.05) is 20.2 Å². The molecule has 1 aliphatic heterocycles. The molecule has 1 saturated carbocycles. The highest BCUT2D eigenvalue weighted by atomic mass is 19.1. The van der Waals surface area contributed by atoms with Crippen molar-refractivity contribution in [2.45, 2.75) is 30.4 Å². The molecule has 1 aliphatic carbocycles. The van der Waals surface area contributed by atoms with Gasteiger partial charge in [0, 0.05) is 30.3 Å². The molecule has 0 aromatic heterocycles.